The third-order valence-electron chi connectivity index (χ3n) is 4.44. The Kier molecular flexibility index (Phi) is 4.25. The maximum absolute atomic E-state index is 12.5. The van der Waals surface area contributed by atoms with Crippen molar-refractivity contribution in [1.29, 1.82) is 0 Å². The van der Waals surface area contributed by atoms with Gasteiger partial charge in [-0.15, -0.1) is 0 Å². The molecule has 0 saturated carbocycles. The molecule has 2 aromatic rings. The van der Waals surface area contributed by atoms with Gasteiger partial charge in [-0.25, -0.2) is 4.79 Å². The van der Waals surface area contributed by atoms with E-state index in [9.17, 15) is 9.59 Å². The van der Waals surface area contributed by atoms with Gasteiger partial charge in [0.05, 0.1) is 20.6 Å². The average molecular weight is 325 g/mol. The van der Waals surface area contributed by atoms with Crippen molar-refractivity contribution in [2.24, 2.45) is 0 Å². The summed E-state index contributed by atoms with van der Waals surface area (Å²) in [4.78, 5) is 26.4. The third kappa shape index (κ3) is 2.52. The monoisotopic (exact) mass is 325 g/mol. The lowest BCUT2D eigenvalue weighted by Gasteiger charge is -2.49. The number of hydrogen-bond acceptors (Lipinski definition) is 4. The summed E-state index contributed by atoms with van der Waals surface area (Å²) in [5.74, 6) is 0.262. The van der Waals surface area contributed by atoms with Crippen LogP contribution in [-0.2, 0) is 26.4 Å². The van der Waals surface area contributed by atoms with E-state index in [4.69, 9.17) is 9.47 Å². The molecule has 0 aliphatic carbocycles. The van der Waals surface area contributed by atoms with Crippen LogP contribution in [0.4, 0.5) is 0 Å². The molecule has 0 N–H and O–H groups in total. The van der Waals surface area contributed by atoms with E-state index in [0.717, 1.165) is 16.9 Å². The van der Waals surface area contributed by atoms with Gasteiger partial charge in [-0.2, -0.15) is 0 Å². The van der Waals surface area contributed by atoms with E-state index >= 15 is 0 Å². The molecule has 1 amide bonds. The van der Waals surface area contributed by atoms with Crippen molar-refractivity contribution in [3.63, 3.8) is 0 Å². The molecule has 0 spiro atoms. The molecular formula is C19H19NO4. The topological polar surface area (TPSA) is 55.8 Å². The second kappa shape index (κ2) is 6.35. The molecule has 1 fully saturated rings. The standard InChI is InChI=1S/C19H19NO4/c1-23-16-10-8-14(9-11-16)13-20-17(21)12-19(20,18(22)24-2)15-6-4-3-5-7-15/h3-11H,12-13H2,1-2H3/t19-/m1/s1. The van der Waals surface area contributed by atoms with Crippen LogP contribution in [0.3, 0.4) is 0 Å². The second-order valence-corrected chi connectivity index (χ2v) is 5.72. The van der Waals surface area contributed by atoms with Crippen molar-refractivity contribution in [2.45, 2.75) is 18.5 Å². The number of nitrogens with zero attached hydrogens (tertiary/aromatic N) is 1. The summed E-state index contributed by atoms with van der Waals surface area (Å²) in [6, 6.07) is 16.7. The molecule has 2 aromatic carbocycles. The zero-order valence-electron chi connectivity index (χ0n) is 13.7. The van der Waals surface area contributed by atoms with E-state index in [-0.39, 0.29) is 12.3 Å². The first-order valence-corrected chi connectivity index (χ1v) is 7.69. The largest absolute Gasteiger partial charge is 0.497 e. The maximum Gasteiger partial charge on any atom is 0.337 e. The molecule has 0 aromatic heterocycles. The minimum absolute atomic E-state index is 0.0694. The Balaban J connectivity index is 1.94. The number of carbonyl (C=O) groups is 2. The highest BCUT2D eigenvalue weighted by Gasteiger charge is 2.58. The number of ether oxygens (including phenoxy) is 2. The first-order valence-electron chi connectivity index (χ1n) is 7.69. The molecule has 1 aliphatic rings. The summed E-state index contributed by atoms with van der Waals surface area (Å²) >= 11 is 0. The van der Waals surface area contributed by atoms with E-state index in [2.05, 4.69) is 0 Å². The summed E-state index contributed by atoms with van der Waals surface area (Å²) < 4.78 is 10.2. The van der Waals surface area contributed by atoms with Gasteiger partial charge < -0.3 is 14.4 Å². The number of benzene rings is 2. The van der Waals surface area contributed by atoms with E-state index in [0.29, 0.717) is 6.54 Å². The fraction of sp³-hybridized carbons (Fsp3) is 0.263. The fourth-order valence-electron chi connectivity index (χ4n) is 3.11. The number of rotatable bonds is 5. The molecule has 1 atom stereocenters. The van der Waals surface area contributed by atoms with Crippen LogP contribution in [0.2, 0.25) is 0 Å². The minimum Gasteiger partial charge on any atom is -0.497 e. The quantitative estimate of drug-likeness (QED) is 0.626. The fourth-order valence-corrected chi connectivity index (χ4v) is 3.11. The van der Waals surface area contributed by atoms with E-state index in [1.807, 2.05) is 54.6 Å². The summed E-state index contributed by atoms with van der Waals surface area (Å²) in [5.41, 5.74) is 0.644. The summed E-state index contributed by atoms with van der Waals surface area (Å²) in [5, 5.41) is 0. The number of hydrogen-bond donors (Lipinski definition) is 0. The summed E-state index contributed by atoms with van der Waals surface area (Å²) in [6.07, 6.45) is 0.125. The lowest BCUT2D eigenvalue weighted by molar-refractivity contribution is -0.181. The van der Waals surface area contributed by atoms with Crippen molar-refractivity contribution >= 4 is 11.9 Å². The molecule has 5 heteroatoms. The third-order valence-corrected chi connectivity index (χ3v) is 4.44. The van der Waals surface area contributed by atoms with Crippen LogP contribution < -0.4 is 4.74 Å². The Labute approximate surface area is 140 Å². The highest BCUT2D eigenvalue weighted by Crippen LogP contribution is 2.43. The minimum atomic E-state index is -1.05. The summed E-state index contributed by atoms with van der Waals surface area (Å²) in [7, 11) is 2.95. The van der Waals surface area contributed by atoms with Crippen molar-refractivity contribution in [2.75, 3.05) is 14.2 Å². The van der Waals surface area contributed by atoms with Crippen LogP contribution in [0.15, 0.2) is 54.6 Å². The molecule has 3 rings (SSSR count). The number of β-lactam (4-membered cyclic amide) rings is 1. The van der Waals surface area contributed by atoms with Crippen LogP contribution in [0.25, 0.3) is 0 Å². The van der Waals surface area contributed by atoms with Crippen LogP contribution in [0.5, 0.6) is 5.75 Å². The first kappa shape index (κ1) is 16.1. The second-order valence-electron chi connectivity index (χ2n) is 5.72. The van der Waals surface area contributed by atoms with Gasteiger partial charge in [0, 0.05) is 6.54 Å². The number of likely N-dealkylation sites (tertiary alicyclic amines) is 1. The van der Waals surface area contributed by atoms with Gasteiger partial charge in [0.2, 0.25) is 5.91 Å². The van der Waals surface area contributed by atoms with Gasteiger partial charge in [0.1, 0.15) is 5.75 Å². The van der Waals surface area contributed by atoms with Crippen LogP contribution in [-0.4, -0.2) is 31.0 Å². The zero-order valence-corrected chi connectivity index (χ0v) is 13.7. The number of methoxy groups -OCH3 is 2. The highest BCUT2D eigenvalue weighted by molar-refractivity contribution is 5.99. The molecule has 0 radical (unpaired) electrons. The first-order chi connectivity index (χ1) is 11.6. The van der Waals surface area contributed by atoms with Crippen molar-refractivity contribution < 1.29 is 19.1 Å². The molecule has 0 bridgehead atoms. The Bertz CT molecular complexity index is 742. The Morgan fingerprint density at radius 2 is 1.75 bits per heavy atom. The van der Waals surface area contributed by atoms with Crippen molar-refractivity contribution in [1.82, 2.24) is 4.90 Å². The van der Waals surface area contributed by atoms with Gasteiger partial charge >= 0.3 is 5.97 Å². The van der Waals surface area contributed by atoms with Gasteiger partial charge in [0.15, 0.2) is 5.54 Å². The predicted molar refractivity (Wildman–Crippen MR) is 88.3 cm³/mol. The molecule has 1 aliphatic heterocycles. The highest BCUT2D eigenvalue weighted by atomic mass is 16.5. The van der Waals surface area contributed by atoms with Gasteiger partial charge in [-0.05, 0) is 23.3 Å². The molecule has 1 saturated heterocycles. The molecule has 1 heterocycles. The zero-order chi connectivity index (χ0) is 17.2. The van der Waals surface area contributed by atoms with E-state index in [1.165, 1.54) is 7.11 Å². The molecule has 5 nitrogen and oxygen atoms in total. The van der Waals surface area contributed by atoms with Crippen LogP contribution >= 0.6 is 0 Å². The molecule has 0 unspecified atom stereocenters. The number of carbonyl (C=O) groups excluding carboxylic acids is 2. The molecular weight excluding hydrogens is 306 g/mol. The lowest BCUT2D eigenvalue weighted by Crippen LogP contribution is -2.65. The van der Waals surface area contributed by atoms with E-state index < -0.39 is 11.5 Å². The Hall–Kier alpha value is -2.82. The van der Waals surface area contributed by atoms with E-state index in [1.54, 1.807) is 12.0 Å². The smallest absolute Gasteiger partial charge is 0.337 e. The van der Waals surface area contributed by atoms with Gasteiger partial charge in [-0.3, -0.25) is 4.79 Å². The van der Waals surface area contributed by atoms with Crippen molar-refractivity contribution in [3.05, 3.63) is 65.7 Å². The number of amides is 1. The van der Waals surface area contributed by atoms with Gasteiger partial charge in [-0.1, -0.05) is 42.5 Å². The Morgan fingerprint density at radius 3 is 2.29 bits per heavy atom. The molecule has 124 valence electrons. The Morgan fingerprint density at radius 1 is 1.08 bits per heavy atom. The van der Waals surface area contributed by atoms with Crippen LogP contribution in [0, 0.1) is 0 Å². The maximum atomic E-state index is 12.5. The summed E-state index contributed by atoms with van der Waals surface area (Å²) in [6.45, 7) is 0.340. The normalized spacial score (nSPS) is 19.6. The lowest BCUT2D eigenvalue weighted by atomic mass is 9.77. The average Bonchev–Trinajstić information content (AvgIpc) is 2.64. The SMILES string of the molecule is COC(=O)[C@]1(c2ccccc2)CC(=O)N1Cc1ccc(OC)cc1. The molecule has 24 heavy (non-hydrogen) atoms. The van der Waals surface area contributed by atoms with Gasteiger partial charge in [0.25, 0.3) is 0 Å². The predicted octanol–water partition coefficient (Wildman–Crippen LogP) is 2.50. The van der Waals surface area contributed by atoms with Crippen LogP contribution in [0.1, 0.15) is 17.5 Å². The number of esters is 1. The van der Waals surface area contributed by atoms with Crippen molar-refractivity contribution in [3.8, 4) is 5.75 Å².